The lowest BCUT2D eigenvalue weighted by molar-refractivity contribution is -0.113. The first kappa shape index (κ1) is 20.5. The Kier molecular flexibility index (Phi) is 5.85. The lowest BCUT2D eigenvalue weighted by atomic mass is 9.99. The van der Waals surface area contributed by atoms with E-state index >= 15 is 0 Å². The molecule has 0 radical (unpaired) electrons. The molecule has 0 aliphatic rings. The number of carbonyl (C=O) groups excluding carboxylic acids is 1. The Labute approximate surface area is 173 Å². The van der Waals surface area contributed by atoms with Gasteiger partial charge in [0, 0.05) is 10.9 Å². The second-order valence-corrected chi connectivity index (χ2v) is 9.47. The number of amides is 1. The molecule has 148 valence electrons. The molecule has 1 amide bonds. The average molecular weight is 417 g/mol. The third kappa shape index (κ3) is 4.59. The molecule has 0 aliphatic heterocycles. The molecule has 3 rings (SSSR count). The summed E-state index contributed by atoms with van der Waals surface area (Å²) in [5.41, 5.74) is 5.41. The quantitative estimate of drug-likeness (QED) is 0.627. The molecule has 2 heterocycles. The van der Waals surface area contributed by atoms with Crippen molar-refractivity contribution in [1.82, 2.24) is 25.2 Å². The van der Waals surface area contributed by atoms with Crippen LogP contribution in [0.15, 0.2) is 22.7 Å². The third-order valence-electron chi connectivity index (χ3n) is 4.28. The van der Waals surface area contributed by atoms with E-state index in [-0.39, 0.29) is 17.2 Å². The summed E-state index contributed by atoms with van der Waals surface area (Å²) in [5.74, 6) is 0.0831. The summed E-state index contributed by atoms with van der Waals surface area (Å²) in [5, 5.41) is 17.8. The lowest BCUT2D eigenvalue weighted by Crippen LogP contribution is -2.24. The molecular weight excluding hydrogens is 392 g/mol. The molecule has 9 heteroatoms. The first-order valence-corrected chi connectivity index (χ1v) is 10.8. The summed E-state index contributed by atoms with van der Waals surface area (Å²) >= 11 is 2.73. The molecule has 0 fully saturated rings. The van der Waals surface area contributed by atoms with E-state index in [0.29, 0.717) is 10.3 Å². The van der Waals surface area contributed by atoms with E-state index in [1.165, 1.54) is 39.8 Å². The van der Waals surface area contributed by atoms with Crippen molar-refractivity contribution in [3.63, 3.8) is 0 Å². The minimum Gasteiger partial charge on any atom is -0.301 e. The van der Waals surface area contributed by atoms with E-state index in [9.17, 15) is 4.79 Å². The maximum Gasteiger partial charge on any atom is 0.236 e. The first-order chi connectivity index (χ1) is 13.1. The molecule has 2 aromatic heterocycles. The van der Waals surface area contributed by atoms with Crippen molar-refractivity contribution in [2.24, 2.45) is 0 Å². The van der Waals surface area contributed by atoms with E-state index < -0.39 is 0 Å². The van der Waals surface area contributed by atoms with Gasteiger partial charge in [0.15, 0.2) is 5.13 Å². The van der Waals surface area contributed by atoms with Crippen molar-refractivity contribution in [3.8, 4) is 11.3 Å². The highest BCUT2D eigenvalue weighted by Gasteiger charge is 2.21. The zero-order valence-corrected chi connectivity index (χ0v) is 18.5. The Morgan fingerprint density at radius 2 is 1.89 bits per heavy atom. The van der Waals surface area contributed by atoms with Crippen LogP contribution in [0.4, 0.5) is 5.13 Å². The number of aryl methyl sites for hydroxylation is 3. The van der Waals surface area contributed by atoms with Crippen LogP contribution in [0.3, 0.4) is 0 Å². The average Bonchev–Trinajstić information content (AvgIpc) is 3.25. The summed E-state index contributed by atoms with van der Waals surface area (Å²) in [6, 6.07) is 4.31. The molecule has 3 aromatic rings. The topological polar surface area (TPSA) is 85.6 Å². The molecule has 0 spiro atoms. The highest BCUT2D eigenvalue weighted by Crippen LogP contribution is 2.29. The second-order valence-electron chi connectivity index (χ2n) is 7.67. The largest absolute Gasteiger partial charge is 0.301 e. The highest BCUT2D eigenvalue weighted by atomic mass is 32.2. The van der Waals surface area contributed by atoms with Crippen LogP contribution in [0.1, 0.15) is 37.5 Å². The molecular formula is C19H24N6OS2. The number of tetrazole rings is 1. The van der Waals surface area contributed by atoms with Crippen LogP contribution in [0, 0.1) is 20.8 Å². The van der Waals surface area contributed by atoms with Gasteiger partial charge in [0.1, 0.15) is 0 Å². The number of hydrogen-bond donors (Lipinski definition) is 1. The molecule has 7 nitrogen and oxygen atoms in total. The van der Waals surface area contributed by atoms with Crippen LogP contribution < -0.4 is 5.32 Å². The molecule has 1 N–H and O–H groups in total. The normalized spacial score (nSPS) is 11.6. The number of thioether (sulfide) groups is 1. The Hall–Kier alpha value is -2.26. The molecule has 0 saturated heterocycles. The van der Waals surface area contributed by atoms with E-state index in [4.69, 9.17) is 0 Å². The number of thiazole rings is 1. The molecule has 28 heavy (non-hydrogen) atoms. The number of nitrogens with zero attached hydrogens (tertiary/aromatic N) is 5. The predicted octanol–water partition coefficient (Wildman–Crippen LogP) is 4.21. The third-order valence-corrected chi connectivity index (χ3v) is 5.95. The smallest absolute Gasteiger partial charge is 0.236 e. The van der Waals surface area contributed by atoms with Crippen molar-refractivity contribution in [2.45, 2.75) is 52.2 Å². The van der Waals surface area contributed by atoms with E-state index in [2.05, 4.69) is 58.7 Å². The molecule has 0 saturated carbocycles. The van der Waals surface area contributed by atoms with Crippen molar-refractivity contribution >= 4 is 34.1 Å². The van der Waals surface area contributed by atoms with Crippen LogP contribution in [-0.4, -0.2) is 36.9 Å². The van der Waals surface area contributed by atoms with Crippen molar-refractivity contribution in [3.05, 3.63) is 34.2 Å². The monoisotopic (exact) mass is 416 g/mol. The summed E-state index contributed by atoms with van der Waals surface area (Å²) < 4.78 is 1.72. The number of anilines is 1. The van der Waals surface area contributed by atoms with Gasteiger partial charge in [-0.2, -0.15) is 0 Å². The maximum atomic E-state index is 12.3. The molecule has 0 atom stereocenters. The first-order valence-electron chi connectivity index (χ1n) is 8.90. The van der Waals surface area contributed by atoms with Gasteiger partial charge < -0.3 is 5.32 Å². The molecule has 0 aliphatic carbocycles. The van der Waals surface area contributed by atoms with Crippen LogP contribution in [-0.2, 0) is 10.3 Å². The second kappa shape index (κ2) is 8.00. The van der Waals surface area contributed by atoms with Gasteiger partial charge >= 0.3 is 0 Å². The fraction of sp³-hybridized carbons (Fsp3) is 0.421. The number of benzene rings is 1. The Morgan fingerprint density at radius 1 is 1.18 bits per heavy atom. The van der Waals surface area contributed by atoms with Gasteiger partial charge in [-0.1, -0.05) is 17.8 Å². The fourth-order valence-corrected chi connectivity index (χ4v) is 4.25. The minimum absolute atomic E-state index is 0.133. The van der Waals surface area contributed by atoms with Crippen LogP contribution in [0.5, 0.6) is 0 Å². The van der Waals surface area contributed by atoms with Crippen molar-refractivity contribution in [2.75, 3.05) is 11.1 Å². The van der Waals surface area contributed by atoms with E-state index in [1.807, 2.05) is 26.2 Å². The number of carbonyl (C=O) groups is 1. The number of nitrogens with one attached hydrogen (secondary N) is 1. The summed E-state index contributed by atoms with van der Waals surface area (Å²) in [4.78, 5) is 16.9. The molecule has 1 aromatic carbocycles. The molecule has 0 bridgehead atoms. The van der Waals surface area contributed by atoms with Gasteiger partial charge in [-0.15, -0.1) is 16.4 Å². The maximum absolute atomic E-state index is 12.3. The summed E-state index contributed by atoms with van der Waals surface area (Å²) in [7, 11) is 0. The van der Waals surface area contributed by atoms with Gasteiger partial charge in [0.25, 0.3) is 0 Å². The van der Waals surface area contributed by atoms with Crippen molar-refractivity contribution < 1.29 is 4.79 Å². The zero-order chi connectivity index (χ0) is 20.5. The number of rotatable bonds is 5. The van der Waals surface area contributed by atoms with Crippen LogP contribution in [0.25, 0.3) is 11.3 Å². The van der Waals surface area contributed by atoms with Gasteiger partial charge in [-0.05, 0) is 74.7 Å². The van der Waals surface area contributed by atoms with Gasteiger partial charge in [-0.3, -0.25) is 4.79 Å². The van der Waals surface area contributed by atoms with Gasteiger partial charge in [-0.25, -0.2) is 9.67 Å². The summed E-state index contributed by atoms with van der Waals surface area (Å²) in [6.45, 7) is 12.3. The van der Waals surface area contributed by atoms with E-state index in [0.717, 1.165) is 11.3 Å². The Morgan fingerprint density at radius 3 is 2.61 bits per heavy atom. The van der Waals surface area contributed by atoms with Crippen LogP contribution in [0.2, 0.25) is 0 Å². The van der Waals surface area contributed by atoms with Gasteiger partial charge in [0.2, 0.25) is 11.1 Å². The van der Waals surface area contributed by atoms with Gasteiger partial charge in [0.05, 0.1) is 17.0 Å². The fourth-order valence-electron chi connectivity index (χ4n) is 2.67. The standard InChI is InChI=1S/C19H24N6OS2/c1-11-7-13(3)14(8-12(11)2)15-9-27-17(20-15)21-16(26)10-28-18-22-23-24-25(18)19(4,5)6/h7-9H,10H2,1-6H3,(H,20,21,26). The van der Waals surface area contributed by atoms with Crippen molar-refractivity contribution in [1.29, 1.82) is 0 Å². The predicted molar refractivity (Wildman–Crippen MR) is 114 cm³/mol. The zero-order valence-electron chi connectivity index (χ0n) is 16.9. The SMILES string of the molecule is Cc1cc(C)c(-c2csc(NC(=O)CSc3nnnn3C(C)(C)C)n2)cc1C. The van der Waals surface area contributed by atoms with E-state index in [1.54, 1.807) is 4.68 Å². The number of hydrogen-bond acceptors (Lipinski definition) is 7. The Bertz CT molecular complexity index is 1000. The highest BCUT2D eigenvalue weighted by molar-refractivity contribution is 7.99. The lowest BCUT2D eigenvalue weighted by Gasteiger charge is -2.19. The Balaban J connectivity index is 1.65. The van der Waals surface area contributed by atoms with Crippen LogP contribution >= 0.6 is 23.1 Å². The molecule has 0 unspecified atom stereocenters. The minimum atomic E-state index is -0.240. The number of aromatic nitrogens is 5. The summed E-state index contributed by atoms with van der Waals surface area (Å²) in [6.07, 6.45) is 0.